The minimum atomic E-state index is 0.714. The van der Waals surface area contributed by atoms with Crippen molar-refractivity contribution in [2.24, 2.45) is 5.92 Å². The zero-order valence-electron chi connectivity index (χ0n) is 10.2. The van der Waals surface area contributed by atoms with E-state index in [1.165, 1.54) is 19.4 Å². The van der Waals surface area contributed by atoms with Crippen LogP contribution in [0.5, 0.6) is 0 Å². The molecule has 0 radical (unpaired) electrons. The van der Waals surface area contributed by atoms with E-state index in [0.29, 0.717) is 12.1 Å². The maximum absolute atomic E-state index is 3.47. The second-order valence-corrected chi connectivity index (χ2v) is 5.13. The lowest BCUT2D eigenvalue weighted by Crippen LogP contribution is -2.55. The van der Waals surface area contributed by atoms with Crippen molar-refractivity contribution in [3.8, 4) is 0 Å². The molecule has 1 heterocycles. The van der Waals surface area contributed by atoms with Gasteiger partial charge in [-0.2, -0.15) is 0 Å². The molecule has 2 unspecified atom stereocenters. The van der Waals surface area contributed by atoms with Gasteiger partial charge in [-0.3, -0.25) is 4.90 Å². The van der Waals surface area contributed by atoms with Crippen LogP contribution in [0, 0.1) is 5.92 Å². The second-order valence-electron chi connectivity index (χ2n) is 5.13. The predicted octanol–water partition coefficient (Wildman–Crippen LogP) is 2.10. The van der Waals surface area contributed by atoms with Gasteiger partial charge < -0.3 is 5.32 Å². The van der Waals surface area contributed by atoms with Crippen molar-refractivity contribution >= 4 is 0 Å². The Balaban J connectivity index is 2.26. The Morgan fingerprint density at radius 1 is 1.21 bits per heavy atom. The zero-order chi connectivity index (χ0) is 10.6. The van der Waals surface area contributed by atoms with Gasteiger partial charge in [0.15, 0.2) is 0 Å². The van der Waals surface area contributed by atoms with E-state index in [4.69, 9.17) is 0 Å². The summed E-state index contributed by atoms with van der Waals surface area (Å²) in [5, 5.41) is 3.47. The van der Waals surface area contributed by atoms with E-state index in [0.717, 1.165) is 19.0 Å². The van der Waals surface area contributed by atoms with Gasteiger partial charge in [0.25, 0.3) is 0 Å². The number of nitrogens with zero attached hydrogens (tertiary/aromatic N) is 1. The Hall–Kier alpha value is -0.0800. The Labute approximate surface area is 89.1 Å². The molecular weight excluding hydrogens is 172 g/mol. The maximum Gasteiger partial charge on any atom is 0.0195 e. The molecule has 0 aliphatic carbocycles. The van der Waals surface area contributed by atoms with Crippen molar-refractivity contribution < 1.29 is 0 Å². The molecule has 0 saturated carbocycles. The third-order valence-electron chi connectivity index (χ3n) is 3.21. The fourth-order valence-electron chi connectivity index (χ4n) is 2.29. The zero-order valence-corrected chi connectivity index (χ0v) is 10.2. The van der Waals surface area contributed by atoms with Gasteiger partial charge in [-0.15, -0.1) is 0 Å². The molecule has 0 bridgehead atoms. The van der Waals surface area contributed by atoms with Gasteiger partial charge in [-0.05, 0) is 39.2 Å². The first-order chi connectivity index (χ1) is 6.61. The summed E-state index contributed by atoms with van der Waals surface area (Å²) in [6, 6.07) is 1.43. The molecule has 0 amide bonds. The van der Waals surface area contributed by atoms with E-state index in [1.807, 2.05) is 0 Å². The van der Waals surface area contributed by atoms with Crippen LogP contribution < -0.4 is 5.32 Å². The molecule has 0 aromatic carbocycles. The van der Waals surface area contributed by atoms with Crippen LogP contribution in [0.25, 0.3) is 0 Å². The monoisotopic (exact) mass is 198 g/mol. The van der Waals surface area contributed by atoms with E-state index in [-0.39, 0.29) is 0 Å². The molecule has 1 fully saturated rings. The number of piperazine rings is 1. The van der Waals surface area contributed by atoms with E-state index >= 15 is 0 Å². The molecule has 1 rings (SSSR count). The lowest BCUT2D eigenvalue weighted by molar-refractivity contribution is 0.113. The lowest BCUT2D eigenvalue weighted by Gasteiger charge is -2.39. The van der Waals surface area contributed by atoms with Gasteiger partial charge >= 0.3 is 0 Å². The molecule has 0 aromatic rings. The molecule has 2 nitrogen and oxygen atoms in total. The first-order valence-electron chi connectivity index (χ1n) is 6.07. The van der Waals surface area contributed by atoms with Gasteiger partial charge in [-0.1, -0.05) is 13.8 Å². The quantitative estimate of drug-likeness (QED) is 0.744. The molecule has 2 heteroatoms. The average molecular weight is 198 g/mol. The van der Waals surface area contributed by atoms with Crippen LogP contribution >= 0.6 is 0 Å². The summed E-state index contributed by atoms with van der Waals surface area (Å²) in [4.78, 5) is 2.65. The molecular formula is C12H26N2. The lowest BCUT2D eigenvalue weighted by atomic mass is 10.1. The fourth-order valence-corrected chi connectivity index (χ4v) is 2.29. The Morgan fingerprint density at radius 3 is 2.29 bits per heavy atom. The van der Waals surface area contributed by atoms with Gasteiger partial charge in [0.05, 0.1) is 0 Å². The van der Waals surface area contributed by atoms with Crippen LogP contribution in [0.3, 0.4) is 0 Å². The van der Waals surface area contributed by atoms with Crippen molar-refractivity contribution in [2.45, 2.75) is 52.6 Å². The van der Waals surface area contributed by atoms with Crippen LogP contribution in [0.15, 0.2) is 0 Å². The standard InChI is InChI=1S/C12H26N2/c1-10(2)6-5-7-14-11(3)8-13-9-12(14)4/h10-13H,5-9H2,1-4H3. The highest BCUT2D eigenvalue weighted by molar-refractivity contribution is 4.82. The Kier molecular flexibility index (Phi) is 4.90. The highest BCUT2D eigenvalue weighted by atomic mass is 15.2. The summed E-state index contributed by atoms with van der Waals surface area (Å²) in [5.41, 5.74) is 0. The van der Waals surface area contributed by atoms with Crippen molar-refractivity contribution in [3.05, 3.63) is 0 Å². The highest BCUT2D eigenvalue weighted by Crippen LogP contribution is 2.12. The number of hydrogen-bond acceptors (Lipinski definition) is 2. The summed E-state index contributed by atoms with van der Waals surface area (Å²) in [7, 11) is 0. The summed E-state index contributed by atoms with van der Waals surface area (Å²) >= 11 is 0. The number of hydrogen-bond donors (Lipinski definition) is 1. The summed E-state index contributed by atoms with van der Waals surface area (Å²) in [5.74, 6) is 0.850. The minimum Gasteiger partial charge on any atom is -0.314 e. The average Bonchev–Trinajstić information content (AvgIpc) is 2.09. The minimum absolute atomic E-state index is 0.714. The molecule has 0 aromatic heterocycles. The Morgan fingerprint density at radius 2 is 1.79 bits per heavy atom. The smallest absolute Gasteiger partial charge is 0.0195 e. The van der Waals surface area contributed by atoms with Gasteiger partial charge in [-0.25, -0.2) is 0 Å². The van der Waals surface area contributed by atoms with Crippen LogP contribution in [-0.4, -0.2) is 36.6 Å². The summed E-state index contributed by atoms with van der Waals surface area (Å²) in [6.07, 6.45) is 2.72. The molecule has 84 valence electrons. The Bertz CT molecular complexity index is 146. The topological polar surface area (TPSA) is 15.3 Å². The predicted molar refractivity (Wildman–Crippen MR) is 62.6 cm³/mol. The van der Waals surface area contributed by atoms with Gasteiger partial charge in [0, 0.05) is 25.2 Å². The van der Waals surface area contributed by atoms with Crippen molar-refractivity contribution in [2.75, 3.05) is 19.6 Å². The molecule has 1 N–H and O–H groups in total. The molecule has 1 aliphatic heterocycles. The molecule has 14 heavy (non-hydrogen) atoms. The number of rotatable bonds is 4. The normalized spacial score (nSPS) is 29.8. The molecule has 1 aliphatic rings. The number of nitrogens with one attached hydrogen (secondary N) is 1. The van der Waals surface area contributed by atoms with E-state index in [2.05, 4.69) is 37.9 Å². The van der Waals surface area contributed by atoms with Crippen LogP contribution in [-0.2, 0) is 0 Å². The van der Waals surface area contributed by atoms with E-state index in [9.17, 15) is 0 Å². The molecule has 1 saturated heterocycles. The SMILES string of the molecule is CC(C)CCCN1C(C)CNCC1C. The molecule has 2 atom stereocenters. The summed E-state index contributed by atoms with van der Waals surface area (Å²) in [6.45, 7) is 12.9. The van der Waals surface area contributed by atoms with E-state index in [1.54, 1.807) is 0 Å². The largest absolute Gasteiger partial charge is 0.314 e. The maximum atomic E-state index is 3.47. The second kappa shape index (κ2) is 5.72. The third-order valence-corrected chi connectivity index (χ3v) is 3.21. The molecule has 0 spiro atoms. The van der Waals surface area contributed by atoms with Gasteiger partial charge in [0.1, 0.15) is 0 Å². The van der Waals surface area contributed by atoms with Gasteiger partial charge in [0.2, 0.25) is 0 Å². The fraction of sp³-hybridized carbons (Fsp3) is 1.00. The first kappa shape index (κ1) is 12.0. The van der Waals surface area contributed by atoms with Crippen LogP contribution in [0.4, 0.5) is 0 Å². The third kappa shape index (κ3) is 3.58. The van der Waals surface area contributed by atoms with Crippen LogP contribution in [0.1, 0.15) is 40.5 Å². The van der Waals surface area contributed by atoms with Crippen molar-refractivity contribution in [1.82, 2.24) is 10.2 Å². The van der Waals surface area contributed by atoms with Crippen LogP contribution in [0.2, 0.25) is 0 Å². The van der Waals surface area contributed by atoms with Crippen molar-refractivity contribution in [1.29, 1.82) is 0 Å². The highest BCUT2D eigenvalue weighted by Gasteiger charge is 2.23. The van der Waals surface area contributed by atoms with E-state index < -0.39 is 0 Å². The van der Waals surface area contributed by atoms with Crippen molar-refractivity contribution in [3.63, 3.8) is 0 Å². The first-order valence-corrected chi connectivity index (χ1v) is 6.07. The summed E-state index contributed by atoms with van der Waals surface area (Å²) < 4.78 is 0.